The van der Waals surface area contributed by atoms with Gasteiger partial charge in [-0.05, 0) is 36.1 Å². The van der Waals surface area contributed by atoms with Crippen molar-refractivity contribution < 1.29 is 0 Å². The summed E-state index contributed by atoms with van der Waals surface area (Å²) in [5.41, 5.74) is 1.76. The van der Waals surface area contributed by atoms with E-state index in [0.29, 0.717) is 5.02 Å². The molecular weight excluding hydrogens is 280 g/mol. The van der Waals surface area contributed by atoms with Crippen LogP contribution in [0.1, 0.15) is 24.0 Å². The molecule has 0 radical (unpaired) electrons. The summed E-state index contributed by atoms with van der Waals surface area (Å²) in [5.74, 6) is 0. The van der Waals surface area contributed by atoms with Crippen molar-refractivity contribution in [1.29, 1.82) is 5.26 Å². The van der Waals surface area contributed by atoms with Gasteiger partial charge in [-0.1, -0.05) is 54.1 Å². The molecule has 0 saturated carbocycles. The van der Waals surface area contributed by atoms with Crippen molar-refractivity contribution in [1.82, 2.24) is 4.90 Å². The van der Waals surface area contributed by atoms with Gasteiger partial charge in [-0.15, -0.1) is 0 Å². The summed E-state index contributed by atoms with van der Waals surface area (Å²) in [6.45, 7) is 1.75. The molecule has 2 aromatic carbocycles. The number of nitriles is 1. The van der Waals surface area contributed by atoms with Gasteiger partial charge in [0, 0.05) is 18.1 Å². The molecule has 1 heterocycles. The molecule has 1 saturated heterocycles. The molecule has 0 bridgehead atoms. The van der Waals surface area contributed by atoms with Gasteiger partial charge in [0.2, 0.25) is 0 Å². The Balaban J connectivity index is 1.93. The summed E-state index contributed by atoms with van der Waals surface area (Å²) in [5, 5.41) is 10.6. The summed E-state index contributed by atoms with van der Waals surface area (Å²) in [7, 11) is 0. The van der Waals surface area contributed by atoms with Crippen molar-refractivity contribution in [2.45, 2.75) is 24.9 Å². The van der Waals surface area contributed by atoms with E-state index in [2.05, 4.69) is 23.1 Å². The van der Waals surface area contributed by atoms with E-state index in [0.717, 1.165) is 31.5 Å². The van der Waals surface area contributed by atoms with Crippen molar-refractivity contribution >= 4 is 11.6 Å². The van der Waals surface area contributed by atoms with E-state index in [9.17, 15) is 5.26 Å². The SMILES string of the molecule is N#CC1(c2ccc(Cl)cc2)CCCN1Cc1ccccc1. The molecule has 21 heavy (non-hydrogen) atoms. The summed E-state index contributed by atoms with van der Waals surface area (Å²) >= 11 is 5.98. The Kier molecular flexibility index (Phi) is 3.96. The molecule has 3 rings (SSSR count). The van der Waals surface area contributed by atoms with E-state index >= 15 is 0 Å². The highest BCUT2D eigenvalue weighted by molar-refractivity contribution is 6.30. The Labute approximate surface area is 130 Å². The Morgan fingerprint density at radius 1 is 1.10 bits per heavy atom. The lowest BCUT2D eigenvalue weighted by atomic mass is 9.88. The number of hydrogen-bond donors (Lipinski definition) is 0. The van der Waals surface area contributed by atoms with Crippen molar-refractivity contribution in [3.63, 3.8) is 0 Å². The highest BCUT2D eigenvalue weighted by atomic mass is 35.5. The molecule has 1 aliphatic rings. The minimum absolute atomic E-state index is 0.527. The van der Waals surface area contributed by atoms with Gasteiger partial charge in [0.1, 0.15) is 5.54 Å². The van der Waals surface area contributed by atoms with Crippen LogP contribution < -0.4 is 0 Å². The molecule has 1 aliphatic heterocycles. The molecule has 0 amide bonds. The number of rotatable bonds is 3. The van der Waals surface area contributed by atoms with Gasteiger partial charge in [0.15, 0.2) is 0 Å². The molecular formula is C18H17ClN2. The Hall–Kier alpha value is -1.82. The van der Waals surface area contributed by atoms with Gasteiger partial charge < -0.3 is 0 Å². The maximum Gasteiger partial charge on any atom is 0.135 e. The van der Waals surface area contributed by atoms with Gasteiger partial charge in [-0.25, -0.2) is 0 Å². The first-order valence-electron chi connectivity index (χ1n) is 7.21. The summed E-state index contributed by atoms with van der Waals surface area (Å²) in [4.78, 5) is 2.28. The standard InChI is InChI=1S/C18H17ClN2/c19-17-9-7-16(8-10-17)18(14-20)11-4-12-21(18)13-15-5-2-1-3-6-15/h1-3,5-10H,4,11-13H2. The predicted octanol–water partition coefficient (Wildman–Crippen LogP) is 4.35. The fraction of sp³-hybridized carbons (Fsp3) is 0.278. The molecule has 0 spiro atoms. The van der Waals surface area contributed by atoms with E-state index in [4.69, 9.17) is 11.6 Å². The minimum atomic E-state index is -0.527. The zero-order valence-electron chi connectivity index (χ0n) is 11.8. The number of benzene rings is 2. The van der Waals surface area contributed by atoms with Gasteiger partial charge in [0.05, 0.1) is 6.07 Å². The molecule has 1 atom stereocenters. The van der Waals surface area contributed by atoms with Crippen LogP contribution in [0.5, 0.6) is 0 Å². The first-order chi connectivity index (χ1) is 10.2. The van der Waals surface area contributed by atoms with Crippen LogP contribution in [0.2, 0.25) is 5.02 Å². The van der Waals surface area contributed by atoms with Crippen LogP contribution in [0.15, 0.2) is 54.6 Å². The lowest BCUT2D eigenvalue weighted by molar-refractivity contribution is 0.184. The first-order valence-corrected chi connectivity index (χ1v) is 7.59. The lowest BCUT2D eigenvalue weighted by Gasteiger charge is -2.33. The summed E-state index contributed by atoms with van der Waals surface area (Å²) < 4.78 is 0. The second kappa shape index (κ2) is 5.89. The molecule has 0 N–H and O–H groups in total. The largest absolute Gasteiger partial charge is 0.277 e. The average Bonchev–Trinajstić information content (AvgIpc) is 2.93. The molecule has 0 aliphatic carbocycles. The van der Waals surface area contributed by atoms with Gasteiger partial charge in [0.25, 0.3) is 0 Å². The molecule has 2 aromatic rings. The minimum Gasteiger partial charge on any atom is -0.277 e. The average molecular weight is 297 g/mol. The van der Waals surface area contributed by atoms with Gasteiger partial charge >= 0.3 is 0 Å². The summed E-state index contributed by atoms with van der Waals surface area (Å²) in [6.07, 6.45) is 1.92. The van der Waals surface area contributed by atoms with Crippen LogP contribution in [-0.4, -0.2) is 11.4 Å². The maximum atomic E-state index is 9.86. The Bertz CT molecular complexity index is 645. The normalized spacial score (nSPS) is 22.1. The third kappa shape index (κ3) is 2.68. The molecule has 0 aromatic heterocycles. The van der Waals surface area contributed by atoms with E-state index in [1.807, 2.05) is 42.5 Å². The molecule has 3 heteroatoms. The highest BCUT2D eigenvalue weighted by Gasteiger charge is 2.42. The lowest BCUT2D eigenvalue weighted by Crippen LogP contribution is -2.39. The van der Waals surface area contributed by atoms with Crippen molar-refractivity contribution in [2.24, 2.45) is 0 Å². The molecule has 1 fully saturated rings. The number of halogens is 1. The van der Waals surface area contributed by atoms with Crippen LogP contribution in [0.3, 0.4) is 0 Å². The fourth-order valence-electron chi connectivity index (χ4n) is 3.14. The van der Waals surface area contributed by atoms with Crippen LogP contribution in [0, 0.1) is 11.3 Å². The Morgan fingerprint density at radius 3 is 2.48 bits per heavy atom. The van der Waals surface area contributed by atoms with Crippen LogP contribution in [-0.2, 0) is 12.1 Å². The quantitative estimate of drug-likeness (QED) is 0.841. The first kappa shape index (κ1) is 14.1. The monoisotopic (exact) mass is 296 g/mol. The summed E-state index contributed by atoms with van der Waals surface area (Å²) in [6, 6.07) is 20.6. The smallest absolute Gasteiger partial charge is 0.135 e. The third-order valence-corrected chi connectivity index (χ3v) is 4.48. The van der Waals surface area contributed by atoms with Gasteiger partial charge in [-0.3, -0.25) is 4.90 Å². The molecule has 1 unspecified atom stereocenters. The van der Waals surface area contributed by atoms with Crippen LogP contribution in [0.4, 0.5) is 0 Å². The second-order valence-electron chi connectivity index (χ2n) is 5.49. The number of likely N-dealkylation sites (tertiary alicyclic amines) is 1. The van der Waals surface area contributed by atoms with Crippen LogP contribution >= 0.6 is 11.6 Å². The zero-order valence-corrected chi connectivity index (χ0v) is 12.6. The number of nitrogens with zero attached hydrogens (tertiary/aromatic N) is 2. The van der Waals surface area contributed by atoms with Gasteiger partial charge in [-0.2, -0.15) is 5.26 Å². The van der Waals surface area contributed by atoms with E-state index in [-0.39, 0.29) is 0 Å². The van der Waals surface area contributed by atoms with E-state index in [1.165, 1.54) is 5.56 Å². The van der Waals surface area contributed by atoms with Crippen molar-refractivity contribution in [3.8, 4) is 6.07 Å². The fourth-order valence-corrected chi connectivity index (χ4v) is 3.26. The highest BCUT2D eigenvalue weighted by Crippen LogP contribution is 2.39. The molecule has 106 valence electrons. The zero-order chi connectivity index (χ0) is 14.7. The maximum absolute atomic E-state index is 9.86. The third-order valence-electron chi connectivity index (χ3n) is 4.23. The predicted molar refractivity (Wildman–Crippen MR) is 84.8 cm³/mol. The van der Waals surface area contributed by atoms with E-state index < -0.39 is 5.54 Å². The van der Waals surface area contributed by atoms with Crippen LogP contribution in [0.25, 0.3) is 0 Å². The second-order valence-corrected chi connectivity index (χ2v) is 5.93. The molecule has 2 nitrogen and oxygen atoms in total. The van der Waals surface area contributed by atoms with E-state index in [1.54, 1.807) is 0 Å². The number of hydrogen-bond acceptors (Lipinski definition) is 2. The van der Waals surface area contributed by atoms with Crippen molar-refractivity contribution in [3.05, 3.63) is 70.7 Å². The topological polar surface area (TPSA) is 27.0 Å². The van der Waals surface area contributed by atoms with Crippen molar-refractivity contribution in [2.75, 3.05) is 6.54 Å². The Morgan fingerprint density at radius 2 is 1.81 bits per heavy atom.